The summed E-state index contributed by atoms with van der Waals surface area (Å²) < 4.78 is 1.01. The summed E-state index contributed by atoms with van der Waals surface area (Å²) in [6.07, 6.45) is 0. The van der Waals surface area contributed by atoms with Crippen LogP contribution in [0.2, 0.25) is 0 Å². The van der Waals surface area contributed by atoms with Crippen molar-refractivity contribution in [1.82, 2.24) is 0 Å². The molecule has 3 aromatic rings. The maximum atomic E-state index is 12.8. The van der Waals surface area contributed by atoms with Crippen LogP contribution < -0.4 is 16.4 Å². The van der Waals surface area contributed by atoms with Gasteiger partial charge in [0, 0.05) is 27.1 Å². The second kappa shape index (κ2) is 6.93. The number of carbonyl (C=O) groups is 1. The smallest absolute Gasteiger partial charge is 0.258 e. The molecule has 0 fully saturated rings. The van der Waals surface area contributed by atoms with E-state index in [0.29, 0.717) is 11.3 Å². The van der Waals surface area contributed by atoms with Gasteiger partial charge in [0.05, 0.1) is 11.3 Å². The van der Waals surface area contributed by atoms with Crippen molar-refractivity contribution < 1.29 is 4.79 Å². The van der Waals surface area contributed by atoms with Gasteiger partial charge in [0.2, 0.25) is 0 Å². The number of carbonyl (C=O) groups excluding carboxylic acids is 1. The summed E-state index contributed by atoms with van der Waals surface area (Å²) in [5.41, 5.74) is 12.5. The number of nitrogen functional groups attached to an aromatic ring is 1. The first kappa shape index (κ1) is 17.4. The number of halogens is 1. The fraction of sp³-hybridized carbons (Fsp3) is 0.0455. The maximum absolute atomic E-state index is 12.8. The Bertz CT molecular complexity index is 1070. The standard InChI is InChI=1S/C22H18BrN3O/c1-13-11-15(23)7-9-18(13)25-21(14-5-3-2-4-6-14)20-17-12-16(24)8-10-19(17)26-22(20)27/h2-12,25H,24H2,1H3,(H,26,27)/b21-20-. The number of fused-ring (bicyclic) bond motifs is 1. The van der Waals surface area contributed by atoms with E-state index in [0.717, 1.165) is 38.2 Å². The van der Waals surface area contributed by atoms with Gasteiger partial charge >= 0.3 is 0 Å². The molecule has 134 valence electrons. The fourth-order valence-electron chi connectivity index (χ4n) is 3.22. The molecule has 3 aromatic carbocycles. The molecule has 0 radical (unpaired) electrons. The molecule has 0 aliphatic carbocycles. The Morgan fingerprint density at radius 2 is 1.81 bits per heavy atom. The molecule has 4 rings (SSSR count). The summed E-state index contributed by atoms with van der Waals surface area (Å²) in [5.74, 6) is -0.142. The van der Waals surface area contributed by atoms with Gasteiger partial charge < -0.3 is 16.4 Å². The van der Waals surface area contributed by atoms with E-state index < -0.39 is 0 Å². The Kier molecular flexibility index (Phi) is 4.46. The van der Waals surface area contributed by atoms with Gasteiger partial charge in [0.15, 0.2) is 0 Å². The number of hydrogen-bond donors (Lipinski definition) is 3. The van der Waals surface area contributed by atoms with Gasteiger partial charge in [-0.15, -0.1) is 0 Å². The van der Waals surface area contributed by atoms with Crippen molar-refractivity contribution in [1.29, 1.82) is 0 Å². The summed E-state index contributed by atoms with van der Waals surface area (Å²) in [6.45, 7) is 2.03. The minimum atomic E-state index is -0.142. The Morgan fingerprint density at radius 3 is 2.56 bits per heavy atom. The van der Waals surface area contributed by atoms with Gasteiger partial charge in [0.1, 0.15) is 0 Å². The Hall–Kier alpha value is -3.05. The molecule has 5 heteroatoms. The number of nitrogens with two attached hydrogens (primary N) is 1. The van der Waals surface area contributed by atoms with Crippen LogP contribution >= 0.6 is 15.9 Å². The molecule has 0 saturated carbocycles. The average Bonchev–Trinajstić information content (AvgIpc) is 2.97. The van der Waals surface area contributed by atoms with Crippen LogP contribution in [0.4, 0.5) is 17.1 Å². The highest BCUT2D eigenvalue weighted by atomic mass is 79.9. The van der Waals surface area contributed by atoms with Gasteiger partial charge in [-0.2, -0.15) is 0 Å². The van der Waals surface area contributed by atoms with E-state index in [9.17, 15) is 4.79 Å². The first-order valence-electron chi connectivity index (χ1n) is 8.57. The molecule has 4 N–H and O–H groups in total. The number of amides is 1. The zero-order valence-electron chi connectivity index (χ0n) is 14.7. The molecule has 0 atom stereocenters. The number of hydrogen-bond acceptors (Lipinski definition) is 3. The predicted octanol–water partition coefficient (Wildman–Crippen LogP) is 5.27. The summed E-state index contributed by atoms with van der Waals surface area (Å²) in [5, 5.41) is 6.42. The maximum Gasteiger partial charge on any atom is 0.258 e. The van der Waals surface area contributed by atoms with Crippen LogP contribution in [0.1, 0.15) is 16.7 Å². The van der Waals surface area contributed by atoms with Crippen molar-refractivity contribution in [3.8, 4) is 0 Å². The summed E-state index contributed by atoms with van der Waals surface area (Å²) in [6, 6.07) is 21.3. The van der Waals surface area contributed by atoms with Crippen LogP contribution in [-0.2, 0) is 4.79 Å². The molecule has 1 heterocycles. The van der Waals surface area contributed by atoms with E-state index in [4.69, 9.17) is 5.73 Å². The number of aryl methyl sites for hydroxylation is 1. The van der Waals surface area contributed by atoms with Gasteiger partial charge in [-0.1, -0.05) is 46.3 Å². The van der Waals surface area contributed by atoms with Gasteiger partial charge in [-0.3, -0.25) is 4.79 Å². The highest BCUT2D eigenvalue weighted by molar-refractivity contribution is 9.10. The van der Waals surface area contributed by atoms with Crippen molar-refractivity contribution in [3.63, 3.8) is 0 Å². The Labute approximate surface area is 166 Å². The van der Waals surface area contributed by atoms with E-state index in [1.54, 1.807) is 6.07 Å². The molecular weight excluding hydrogens is 402 g/mol. The predicted molar refractivity (Wildman–Crippen MR) is 115 cm³/mol. The van der Waals surface area contributed by atoms with Crippen LogP contribution in [-0.4, -0.2) is 5.91 Å². The average molecular weight is 420 g/mol. The molecule has 0 bridgehead atoms. The fourth-order valence-corrected chi connectivity index (χ4v) is 3.69. The van der Waals surface area contributed by atoms with Crippen LogP contribution in [0.3, 0.4) is 0 Å². The number of rotatable bonds is 3. The van der Waals surface area contributed by atoms with E-state index >= 15 is 0 Å². The number of nitrogens with one attached hydrogen (secondary N) is 2. The highest BCUT2D eigenvalue weighted by Crippen LogP contribution is 2.38. The van der Waals surface area contributed by atoms with Crippen molar-refractivity contribution in [2.24, 2.45) is 0 Å². The summed E-state index contributed by atoms with van der Waals surface area (Å²) in [7, 11) is 0. The molecule has 1 aliphatic rings. The second-order valence-corrected chi connectivity index (χ2v) is 7.38. The van der Waals surface area contributed by atoms with E-state index in [2.05, 4.69) is 26.6 Å². The van der Waals surface area contributed by atoms with Gasteiger partial charge in [0.25, 0.3) is 5.91 Å². The topological polar surface area (TPSA) is 67.2 Å². The van der Waals surface area contributed by atoms with Crippen LogP contribution in [0.25, 0.3) is 11.3 Å². The third-order valence-electron chi connectivity index (χ3n) is 4.55. The van der Waals surface area contributed by atoms with Crippen LogP contribution in [0.15, 0.2) is 71.2 Å². The summed E-state index contributed by atoms with van der Waals surface area (Å²) >= 11 is 3.49. The third-order valence-corrected chi connectivity index (χ3v) is 5.04. The Balaban J connectivity index is 1.93. The lowest BCUT2D eigenvalue weighted by Gasteiger charge is -2.16. The molecule has 0 aromatic heterocycles. The van der Waals surface area contributed by atoms with Crippen molar-refractivity contribution in [3.05, 3.63) is 87.9 Å². The second-order valence-electron chi connectivity index (χ2n) is 6.46. The highest BCUT2D eigenvalue weighted by Gasteiger charge is 2.28. The first-order chi connectivity index (χ1) is 13.0. The minimum Gasteiger partial charge on any atom is -0.399 e. The molecule has 4 nitrogen and oxygen atoms in total. The minimum absolute atomic E-state index is 0.142. The van der Waals surface area contributed by atoms with E-state index in [1.807, 2.05) is 67.6 Å². The lowest BCUT2D eigenvalue weighted by molar-refractivity contribution is -0.110. The molecule has 27 heavy (non-hydrogen) atoms. The van der Waals surface area contributed by atoms with Crippen LogP contribution in [0, 0.1) is 6.92 Å². The molecule has 0 saturated heterocycles. The SMILES string of the molecule is Cc1cc(Br)ccc1N/C(=C1\C(=O)Nc2ccc(N)cc21)c1ccccc1. The van der Waals surface area contributed by atoms with E-state index in [1.165, 1.54) is 0 Å². The number of benzene rings is 3. The van der Waals surface area contributed by atoms with Crippen molar-refractivity contribution in [2.45, 2.75) is 6.92 Å². The van der Waals surface area contributed by atoms with Crippen molar-refractivity contribution in [2.75, 3.05) is 16.4 Å². The molecule has 0 unspecified atom stereocenters. The van der Waals surface area contributed by atoms with Crippen molar-refractivity contribution >= 4 is 50.2 Å². The Morgan fingerprint density at radius 1 is 1.04 bits per heavy atom. The lowest BCUT2D eigenvalue weighted by atomic mass is 9.99. The van der Waals surface area contributed by atoms with Crippen LogP contribution in [0.5, 0.6) is 0 Å². The largest absolute Gasteiger partial charge is 0.399 e. The molecule has 0 spiro atoms. The zero-order chi connectivity index (χ0) is 19.0. The zero-order valence-corrected chi connectivity index (χ0v) is 16.3. The molecule has 1 aliphatic heterocycles. The van der Waals surface area contributed by atoms with E-state index in [-0.39, 0.29) is 5.91 Å². The molecular formula is C22H18BrN3O. The quantitative estimate of drug-likeness (QED) is 0.399. The normalized spacial score (nSPS) is 14.5. The third kappa shape index (κ3) is 3.34. The molecule has 1 amide bonds. The summed E-state index contributed by atoms with van der Waals surface area (Å²) in [4.78, 5) is 12.8. The lowest BCUT2D eigenvalue weighted by Crippen LogP contribution is -2.10. The van der Waals surface area contributed by atoms with Gasteiger partial charge in [-0.25, -0.2) is 0 Å². The monoisotopic (exact) mass is 419 g/mol. The first-order valence-corrected chi connectivity index (χ1v) is 9.36. The number of anilines is 3. The van der Waals surface area contributed by atoms with Gasteiger partial charge in [-0.05, 0) is 54.4 Å².